The Morgan fingerprint density at radius 3 is 2.23 bits per heavy atom. The second-order valence-electron chi connectivity index (χ2n) is 6.24. The van der Waals surface area contributed by atoms with Crippen molar-refractivity contribution in [3.05, 3.63) is 28.2 Å². The van der Waals surface area contributed by atoms with E-state index in [0.29, 0.717) is 31.2 Å². The Hall–Kier alpha value is -0.370. The van der Waals surface area contributed by atoms with Crippen LogP contribution in [0.15, 0.2) is 23.1 Å². The molecule has 0 bridgehead atoms. The summed E-state index contributed by atoms with van der Waals surface area (Å²) in [5.74, 6) is 0. The van der Waals surface area contributed by atoms with Crippen LogP contribution in [0.2, 0.25) is 10.0 Å². The summed E-state index contributed by atoms with van der Waals surface area (Å²) in [6, 6.07) is 4.39. The molecular formula is C14H21Cl2N3O2S. The van der Waals surface area contributed by atoms with Gasteiger partial charge in [-0.05, 0) is 32.0 Å². The van der Waals surface area contributed by atoms with Crippen molar-refractivity contribution in [2.45, 2.75) is 24.3 Å². The molecule has 2 N–H and O–H groups in total. The summed E-state index contributed by atoms with van der Waals surface area (Å²) in [5.41, 5.74) is 5.72. The van der Waals surface area contributed by atoms with Gasteiger partial charge in [0.1, 0.15) is 0 Å². The molecule has 8 heteroatoms. The van der Waals surface area contributed by atoms with Crippen LogP contribution < -0.4 is 5.73 Å². The summed E-state index contributed by atoms with van der Waals surface area (Å²) in [6.07, 6.45) is 0. The minimum atomic E-state index is -3.54. The molecule has 0 spiro atoms. The van der Waals surface area contributed by atoms with Gasteiger partial charge in [0.15, 0.2) is 0 Å². The standard InChI is InChI=1S/C14H21Cl2N3O2S/c1-14(2,17)10-18-5-7-19(8-6-18)22(20,21)11-3-4-12(15)13(16)9-11/h3-4,9H,5-8,10,17H2,1-2H3. The number of benzene rings is 1. The van der Waals surface area contributed by atoms with Crippen molar-refractivity contribution in [2.75, 3.05) is 32.7 Å². The number of nitrogens with zero attached hydrogens (tertiary/aromatic N) is 2. The summed E-state index contributed by atoms with van der Waals surface area (Å²) >= 11 is 11.8. The Labute approximate surface area is 142 Å². The lowest BCUT2D eigenvalue weighted by atomic mass is 10.1. The lowest BCUT2D eigenvalue weighted by molar-refractivity contribution is 0.162. The number of nitrogens with two attached hydrogens (primary N) is 1. The number of hydrogen-bond donors (Lipinski definition) is 1. The van der Waals surface area contributed by atoms with E-state index < -0.39 is 10.0 Å². The van der Waals surface area contributed by atoms with E-state index in [1.165, 1.54) is 22.5 Å². The predicted molar refractivity (Wildman–Crippen MR) is 89.9 cm³/mol. The average Bonchev–Trinajstić information content (AvgIpc) is 2.40. The van der Waals surface area contributed by atoms with Crippen LogP contribution in [0.3, 0.4) is 0 Å². The van der Waals surface area contributed by atoms with Crippen LogP contribution in [-0.2, 0) is 10.0 Å². The lowest BCUT2D eigenvalue weighted by Gasteiger charge is -2.37. The van der Waals surface area contributed by atoms with E-state index in [1.54, 1.807) is 0 Å². The normalized spacial score (nSPS) is 18.6. The van der Waals surface area contributed by atoms with Gasteiger partial charge >= 0.3 is 0 Å². The fourth-order valence-corrected chi connectivity index (χ4v) is 4.30. The Kier molecular flexibility index (Phi) is 5.42. The number of hydrogen-bond acceptors (Lipinski definition) is 4. The van der Waals surface area contributed by atoms with Crippen LogP contribution in [0.1, 0.15) is 13.8 Å². The molecule has 5 nitrogen and oxygen atoms in total. The quantitative estimate of drug-likeness (QED) is 0.886. The molecule has 1 aromatic rings. The van der Waals surface area contributed by atoms with E-state index >= 15 is 0 Å². The van der Waals surface area contributed by atoms with E-state index in [-0.39, 0.29) is 15.5 Å². The molecule has 0 saturated carbocycles. The molecule has 1 heterocycles. The summed E-state index contributed by atoms with van der Waals surface area (Å²) in [7, 11) is -3.54. The lowest BCUT2D eigenvalue weighted by Crippen LogP contribution is -2.53. The van der Waals surface area contributed by atoms with E-state index in [2.05, 4.69) is 4.90 Å². The highest BCUT2D eigenvalue weighted by Gasteiger charge is 2.30. The monoisotopic (exact) mass is 365 g/mol. The van der Waals surface area contributed by atoms with Gasteiger partial charge in [0, 0.05) is 38.3 Å². The van der Waals surface area contributed by atoms with Crippen LogP contribution in [-0.4, -0.2) is 55.9 Å². The zero-order chi connectivity index (χ0) is 16.5. The van der Waals surface area contributed by atoms with Gasteiger partial charge in [-0.3, -0.25) is 4.90 Å². The topological polar surface area (TPSA) is 66.6 Å². The Balaban J connectivity index is 2.08. The maximum Gasteiger partial charge on any atom is 0.243 e. The second-order valence-corrected chi connectivity index (χ2v) is 9.00. The molecule has 1 aliphatic rings. The van der Waals surface area contributed by atoms with E-state index in [9.17, 15) is 8.42 Å². The molecule has 0 unspecified atom stereocenters. The van der Waals surface area contributed by atoms with Gasteiger partial charge in [-0.1, -0.05) is 23.2 Å². The maximum atomic E-state index is 12.6. The number of sulfonamides is 1. The minimum Gasteiger partial charge on any atom is -0.324 e. The molecule has 0 aliphatic carbocycles. The van der Waals surface area contributed by atoms with Crippen LogP contribution in [0.25, 0.3) is 0 Å². The summed E-state index contributed by atoms with van der Waals surface area (Å²) in [6.45, 7) is 6.89. The van der Waals surface area contributed by atoms with Gasteiger partial charge in [-0.15, -0.1) is 0 Å². The smallest absolute Gasteiger partial charge is 0.243 e. The van der Waals surface area contributed by atoms with Crippen molar-refractivity contribution in [3.63, 3.8) is 0 Å². The van der Waals surface area contributed by atoms with Gasteiger partial charge in [0.05, 0.1) is 14.9 Å². The zero-order valence-corrected chi connectivity index (χ0v) is 15.0. The van der Waals surface area contributed by atoms with Gasteiger partial charge in [-0.2, -0.15) is 4.31 Å². The highest BCUT2D eigenvalue weighted by molar-refractivity contribution is 7.89. The molecule has 1 saturated heterocycles. The SMILES string of the molecule is CC(C)(N)CN1CCN(S(=O)(=O)c2ccc(Cl)c(Cl)c2)CC1. The van der Waals surface area contributed by atoms with Crippen molar-refractivity contribution in [1.29, 1.82) is 0 Å². The first kappa shape index (κ1) is 18.0. The fourth-order valence-electron chi connectivity index (χ4n) is 2.49. The Bertz CT molecular complexity index is 636. The largest absolute Gasteiger partial charge is 0.324 e. The first-order chi connectivity index (χ1) is 10.1. The van der Waals surface area contributed by atoms with Crippen molar-refractivity contribution in [3.8, 4) is 0 Å². The molecule has 0 radical (unpaired) electrons. The molecule has 1 aromatic carbocycles. The maximum absolute atomic E-state index is 12.6. The van der Waals surface area contributed by atoms with Crippen LogP contribution in [0, 0.1) is 0 Å². The van der Waals surface area contributed by atoms with Crippen LogP contribution in [0.5, 0.6) is 0 Å². The summed E-state index contributed by atoms with van der Waals surface area (Å²) in [5, 5.41) is 0.585. The molecule has 0 atom stereocenters. The second kappa shape index (κ2) is 6.63. The molecule has 1 aliphatic heterocycles. The zero-order valence-electron chi connectivity index (χ0n) is 12.7. The van der Waals surface area contributed by atoms with Crippen molar-refractivity contribution in [1.82, 2.24) is 9.21 Å². The molecule has 0 aromatic heterocycles. The molecule has 1 fully saturated rings. The number of piperazine rings is 1. The van der Waals surface area contributed by atoms with Gasteiger partial charge in [0.2, 0.25) is 10.0 Å². The highest BCUT2D eigenvalue weighted by atomic mass is 35.5. The Morgan fingerprint density at radius 1 is 1.14 bits per heavy atom. The number of halogens is 2. The van der Waals surface area contributed by atoms with Crippen LogP contribution in [0.4, 0.5) is 0 Å². The molecule has 0 amide bonds. The van der Waals surface area contributed by atoms with Gasteiger partial charge < -0.3 is 5.73 Å². The Morgan fingerprint density at radius 2 is 1.73 bits per heavy atom. The number of rotatable bonds is 4. The molecule has 124 valence electrons. The van der Waals surface area contributed by atoms with Crippen molar-refractivity contribution >= 4 is 33.2 Å². The van der Waals surface area contributed by atoms with Crippen molar-refractivity contribution in [2.24, 2.45) is 5.73 Å². The summed E-state index contributed by atoms with van der Waals surface area (Å²) in [4.78, 5) is 2.36. The minimum absolute atomic E-state index is 0.175. The molecule has 2 rings (SSSR count). The van der Waals surface area contributed by atoms with E-state index in [0.717, 1.165) is 6.54 Å². The van der Waals surface area contributed by atoms with E-state index in [4.69, 9.17) is 28.9 Å². The summed E-state index contributed by atoms with van der Waals surface area (Å²) < 4.78 is 26.7. The van der Waals surface area contributed by atoms with Crippen LogP contribution >= 0.6 is 23.2 Å². The van der Waals surface area contributed by atoms with E-state index in [1.807, 2.05) is 13.8 Å². The predicted octanol–water partition coefficient (Wildman–Crippen LogP) is 2.04. The third-order valence-corrected chi connectivity index (χ3v) is 6.12. The third kappa shape index (κ3) is 4.34. The van der Waals surface area contributed by atoms with Gasteiger partial charge in [-0.25, -0.2) is 8.42 Å². The highest BCUT2D eigenvalue weighted by Crippen LogP contribution is 2.27. The van der Waals surface area contributed by atoms with Crippen molar-refractivity contribution < 1.29 is 8.42 Å². The third-order valence-electron chi connectivity index (χ3n) is 3.49. The average molecular weight is 366 g/mol. The first-order valence-electron chi connectivity index (χ1n) is 7.06. The first-order valence-corrected chi connectivity index (χ1v) is 9.26. The fraction of sp³-hybridized carbons (Fsp3) is 0.571. The molecule has 22 heavy (non-hydrogen) atoms. The molecular weight excluding hydrogens is 345 g/mol. The van der Waals surface area contributed by atoms with Gasteiger partial charge in [0.25, 0.3) is 0 Å².